The minimum Gasteiger partial charge on any atom is -0.462 e. The number of hydrogen-bond acceptors (Lipinski definition) is 7. The number of aliphatic hydroxyl groups is 1. The Morgan fingerprint density at radius 2 is 2.18 bits per heavy atom. The molecule has 7 nitrogen and oxygen atoms in total. The molecule has 0 aromatic rings. The predicted octanol–water partition coefficient (Wildman–Crippen LogP) is -0.0104. The summed E-state index contributed by atoms with van der Waals surface area (Å²) in [6.45, 7) is 4.80. The molecule has 0 aromatic carbocycles. The summed E-state index contributed by atoms with van der Waals surface area (Å²) in [5, 5.41) is 12.4. The third kappa shape index (κ3) is 7.97. The van der Waals surface area contributed by atoms with Gasteiger partial charge in [0, 0.05) is 12.0 Å². The first-order chi connectivity index (χ1) is 7.97. The van der Waals surface area contributed by atoms with Gasteiger partial charge in [0.25, 0.3) is 0 Å². The first kappa shape index (κ1) is 15.1. The van der Waals surface area contributed by atoms with Crippen LogP contribution in [0, 0.1) is 0 Å². The van der Waals surface area contributed by atoms with Gasteiger partial charge >= 0.3 is 11.9 Å². The van der Waals surface area contributed by atoms with Gasteiger partial charge in [0.15, 0.2) is 6.21 Å². The summed E-state index contributed by atoms with van der Waals surface area (Å²) in [5.41, 5.74) is 0.253. The predicted molar refractivity (Wildman–Crippen MR) is 58.0 cm³/mol. The van der Waals surface area contributed by atoms with Crippen molar-refractivity contribution >= 4 is 18.2 Å². The van der Waals surface area contributed by atoms with E-state index in [0.29, 0.717) is 0 Å². The number of nitrogens with zero attached hydrogens (tertiary/aromatic N) is 1. The van der Waals surface area contributed by atoms with Crippen LogP contribution in [0.5, 0.6) is 0 Å². The summed E-state index contributed by atoms with van der Waals surface area (Å²) in [4.78, 5) is 26.1. The lowest BCUT2D eigenvalue weighted by Gasteiger charge is -2.10. The van der Waals surface area contributed by atoms with Crippen molar-refractivity contribution in [1.82, 2.24) is 0 Å². The van der Waals surface area contributed by atoms with Gasteiger partial charge in [0.1, 0.15) is 7.11 Å². The van der Waals surface area contributed by atoms with Gasteiger partial charge < -0.3 is 19.4 Å². The minimum atomic E-state index is -1.37. The highest BCUT2D eigenvalue weighted by atomic mass is 16.6. The van der Waals surface area contributed by atoms with E-state index in [1.54, 1.807) is 0 Å². The molecule has 0 aromatic heterocycles. The number of aliphatic hydroxyl groups excluding tert-OH is 1. The van der Waals surface area contributed by atoms with Crippen LogP contribution in [-0.4, -0.2) is 43.3 Å². The fraction of sp³-hybridized carbons (Fsp3) is 0.500. The van der Waals surface area contributed by atoms with Crippen LogP contribution in [0.25, 0.3) is 0 Å². The number of rotatable bonds is 7. The number of carbonyl (C=O) groups is 2. The van der Waals surface area contributed by atoms with E-state index >= 15 is 0 Å². The van der Waals surface area contributed by atoms with Gasteiger partial charge in [-0.25, -0.2) is 9.59 Å². The summed E-state index contributed by atoms with van der Waals surface area (Å²) in [6, 6.07) is 0. The van der Waals surface area contributed by atoms with E-state index in [0.717, 1.165) is 6.21 Å². The van der Waals surface area contributed by atoms with Crippen molar-refractivity contribution in [2.75, 3.05) is 13.7 Å². The molecule has 1 atom stereocenters. The quantitative estimate of drug-likeness (QED) is 0.223. The van der Waals surface area contributed by atoms with Gasteiger partial charge in [0.05, 0.1) is 6.61 Å². The normalized spacial score (nSPS) is 11.9. The Bertz CT molecular complexity index is 312. The Kier molecular flexibility index (Phi) is 7.36. The molecular weight excluding hydrogens is 230 g/mol. The zero-order valence-corrected chi connectivity index (χ0v) is 9.71. The number of oxime groups is 1. The SMILES string of the molecule is C=C(C)C(=O)OCCC(O)OC(=O)C=NOC. The van der Waals surface area contributed by atoms with Crippen LogP contribution in [-0.2, 0) is 23.9 Å². The van der Waals surface area contributed by atoms with E-state index in [-0.39, 0.29) is 18.6 Å². The second-order valence-electron chi connectivity index (χ2n) is 3.01. The molecule has 1 unspecified atom stereocenters. The third-order valence-electron chi connectivity index (χ3n) is 1.46. The minimum absolute atomic E-state index is 0.0361. The van der Waals surface area contributed by atoms with Crippen molar-refractivity contribution in [3.05, 3.63) is 12.2 Å². The molecule has 0 heterocycles. The molecule has 0 aliphatic heterocycles. The summed E-state index contributed by atoms with van der Waals surface area (Å²) in [6.07, 6.45) is -0.641. The zero-order chi connectivity index (χ0) is 13.3. The van der Waals surface area contributed by atoms with Crippen LogP contribution in [0.3, 0.4) is 0 Å². The second-order valence-corrected chi connectivity index (χ2v) is 3.01. The fourth-order valence-electron chi connectivity index (χ4n) is 0.695. The molecule has 0 aliphatic carbocycles. The lowest BCUT2D eigenvalue weighted by molar-refractivity contribution is -0.162. The van der Waals surface area contributed by atoms with Gasteiger partial charge in [-0.2, -0.15) is 0 Å². The van der Waals surface area contributed by atoms with Crippen LogP contribution >= 0.6 is 0 Å². The van der Waals surface area contributed by atoms with Gasteiger partial charge in [-0.3, -0.25) is 0 Å². The van der Waals surface area contributed by atoms with Crippen LogP contribution in [0.4, 0.5) is 0 Å². The van der Waals surface area contributed by atoms with E-state index < -0.39 is 18.2 Å². The molecule has 0 radical (unpaired) electrons. The van der Waals surface area contributed by atoms with E-state index in [4.69, 9.17) is 0 Å². The summed E-state index contributed by atoms with van der Waals surface area (Å²) in [5.74, 6) is -1.42. The molecule has 1 N–H and O–H groups in total. The summed E-state index contributed by atoms with van der Waals surface area (Å²) < 4.78 is 9.16. The highest BCUT2D eigenvalue weighted by molar-refractivity contribution is 6.22. The van der Waals surface area contributed by atoms with Gasteiger partial charge in [0.2, 0.25) is 6.29 Å². The van der Waals surface area contributed by atoms with E-state index in [1.165, 1.54) is 14.0 Å². The largest absolute Gasteiger partial charge is 0.462 e. The van der Waals surface area contributed by atoms with Crippen LogP contribution in [0.2, 0.25) is 0 Å². The Balaban J connectivity index is 3.76. The number of esters is 2. The van der Waals surface area contributed by atoms with Crippen LogP contribution in [0.15, 0.2) is 17.3 Å². The zero-order valence-electron chi connectivity index (χ0n) is 9.71. The molecule has 0 aliphatic rings. The van der Waals surface area contributed by atoms with Gasteiger partial charge in [-0.15, -0.1) is 0 Å². The molecule has 0 bridgehead atoms. The molecule has 0 rings (SSSR count). The standard InChI is InChI=1S/C10H15NO6/c1-7(2)10(14)16-5-4-8(12)17-9(13)6-11-15-3/h6,8,12H,1,4-5H2,2-3H3. The Morgan fingerprint density at radius 1 is 1.53 bits per heavy atom. The average molecular weight is 245 g/mol. The Labute approximate surface area is 98.6 Å². The van der Waals surface area contributed by atoms with Crippen molar-refractivity contribution in [1.29, 1.82) is 0 Å². The molecular formula is C10H15NO6. The lowest BCUT2D eigenvalue weighted by atomic mass is 10.3. The first-order valence-electron chi connectivity index (χ1n) is 4.75. The number of hydrogen-bond donors (Lipinski definition) is 1. The second kappa shape index (κ2) is 8.28. The third-order valence-corrected chi connectivity index (χ3v) is 1.46. The monoisotopic (exact) mass is 245 g/mol. The topological polar surface area (TPSA) is 94.4 Å². The smallest absolute Gasteiger partial charge is 0.355 e. The Hall–Kier alpha value is -1.89. The lowest BCUT2D eigenvalue weighted by Crippen LogP contribution is -2.21. The molecule has 0 saturated carbocycles. The first-order valence-corrected chi connectivity index (χ1v) is 4.75. The van der Waals surface area contributed by atoms with E-state index in [9.17, 15) is 14.7 Å². The highest BCUT2D eigenvalue weighted by Crippen LogP contribution is 1.98. The van der Waals surface area contributed by atoms with Crippen molar-refractivity contribution in [2.45, 2.75) is 19.6 Å². The summed E-state index contributed by atoms with van der Waals surface area (Å²) >= 11 is 0. The molecule has 0 fully saturated rings. The maximum absolute atomic E-state index is 10.9. The molecule has 0 saturated heterocycles. The molecule has 7 heteroatoms. The van der Waals surface area contributed by atoms with Gasteiger partial charge in [-0.05, 0) is 6.92 Å². The molecule has 17 heavy (non-hydrogen) atoms. The van der Waals surface area contributed by atoms with Crippen molar-refractivity contribution in [3.63, 3.8) is 0 Å². The van der Waals surface area contributed by atoms with Gasteiger partial charge in [-0.1, -0.05) is 11.7 Å². The van der Waals surface area contributed by atoms with Crippen molar-refractivity contribution < 1.29 is 29.0 Å². The van der Waals surface area contributed by atoms with Crippen LogP contribution in [0.1, 0.15) is 13.3 Å². The summed E-state index contributed by atoms with van der Waals surface area (Å²) in [7, 11) is 1.26. The van der Waals surface area contributed by atoms with Crippen molar-refractivity contribution in [2.24, 2.45) is 5.16 Å². The molecule has 0 amide bonds. The van der Waals surface area contributed by atoms with E-state index in [2.05, 4.69) is 26.0 Å². The number of carbonyl (C=O) groups excluding carboxylic acids is 2. The molecule has 96 valence electrons. The van der Waals surface area contributed by atoms with Crippen molar-refractivity contribution in [3.8, 4) is 0 Å². The average Bonchev–Trinajstić information content (AvgIpc) is 2.25. The maximum Gasteiger partial charge on any atom is 0.355 e. The number of ether oxygens (including phenoxy) is 2. The highest BCUT2D eigenvalue weighted by Gasteiger charge is 2.11. The maximum atomic E-state index is 10.9. The fourth-order valence-corrected chi connectivity index (χ4v) is 0.695. The Morgan fingerprint density at radius 3 is 2.71 bits per heavy atom. The molecule has 0 spiro atoms. The van der Waals surface area contributed by atoms with Crippen LogP contribution < -0.4 is 0 Å². The van der Waals surface area contributed by atoms with E-state index in [1.807, 2.05) is 0 Å².